The molecule has 1 atom stereocenters. The Bertz CT molecular complexity index is 1380. The van der Waals surface area contributed by atoms with Gasteiger partial charge in [-0.15, -0.1) is 0 Å². The second kappa shape index (κ2) is 65.6. The molecule has 6 nitrogen and oxygen atoms in total. The van der Waals surface area contributed by atoms with Crippen molar-refractivity contribution < 1.29 is 28.6 Å². The fourth-order valence-corrected chi connectivity index (χ4v) is 9.96. The van der Waals surface area contributed by atoms with Gasteiger partial charge in [0, 0.05) is 19.3 Å². The summed E-state index contributed by atoms with van der Waals surface area (Å²) in [7, 11) is 0. The van der Waals surface area contributed by atoms with Gasteiger partial charge in [-0.05, 0) is 83.5 Å². The van der Waals surface area contributed by atoms with Gasteiger partial charge in [-0.25, -0.2) is 0 Å². The van der Waals surface area contributed by atoms with Crippen LogP contribution in [0.25, 0.3) is 0 Å². The molecule has 0 aromatic heterocycles. The lowest BCUT2D eigenvalue weighted by atomic mass is 10.0. The molecule has 448 valence electrons. The summed E-state index contributed by atoms with van der Waals surface area (Å²) in [6.07, 6.45) is 84.1. The van der Waals surface area contributed by atoms with Crippen molar-refractivity contribution in [3.63, 3.8) is 0 Å². The smallest absolute Gasteiger partial charge is 0.306 e. The summed E-state index contributed by atoms with van der Waals surface area (Å²) in [5, 5.41) is 0. The molecule has 0 saturated carbocycles. The van der Waals surface area contributed by atoms with E-state index in [1.807, 2.05) is 0 Å². The van der Waals surface area contributed by atoms with Crippen LogP contribution < -0.4 is 0 Å². The monoisotopic (exact) mass is 1080 g/mol. The number of unbranched alkanes of at least 4 members (excludes halogenated alkanes) is 41. The van der Waals surface area contributed by atoms with Crippen molar-refractivity contribution in [3.05, 3.63) is 60.8 Å². The van der Waals surface area contributed by atoms with Crippen molar-refractivity contribution in [1.29, 1.82) is 0 Å². The average molecular weight is 1080 g/mol. The zero-order chi connectivity index (χ0) is 55.7. The van der Waals surface area contributed by atoms with Crippen LogP contribution in [0.3, 0.4) is 0 Å². The third-order valence-electron chi connectivity index (χ3n) is 15.0. The molecule has 0 heterocycles. The molecule has 0 N–H and O–H groups in total. The Labute approximate surface area is 479 Å². The summed E-state index contributed by atoms with van der Waals surface area (Å²) in [6, 6.07) is 0. The van der Waals surface area contributed by atoms with Crippen LogP contribution in [0.15, 0.2) is 60.8 Å². The molecular formula is C71H128O6. The Balaban J connectivity index is 4.07. The third kappa shape index (κ3) is 63.8. The highest BCUT2D eigenvalue weighted by Gasteiger charge is 2.19. The largest absolute Gasteiger partial charge is 0.462 e. The molecule has 0 aliphatic rings. The summed E-state index contributed by atoms with van der Waals surface area (Å²) in [5.74, 6) is -0.858. The van der Waals surface area contributed by atoms with Gasteiger partial charge in [0.25, 0.3) is 0 Å². The van der Waals surface area contributed by atoms with Crippen LogP contribution in [-0.2, 0) is 28.6 Å². The van der Waals surface area contributed by atoms with Crippen LogP contribution >= 0.6 is 0 Å². The first-order valence-corrected chi connectivity index (χ1v) is 33.8. The van der Waals surface area contributed by atoms with Crippen LogP contribution in [0.5, 0.6) is 0 Å². The first kappa shape index (κ1) is 74.1. The van der Waals surface area contributed by atoms with Crippen molar-refractivity contribution in [2.45, 2.75) is 361 Å². The first-order chi connectivity index (χ1) is 38.0. The van der Waals surface area contributed by atoms with Gasteiger partial charge >= 0.3 is 17.9 Å². The van der Waals surface area contributed by atoms with E-state index in [1.54, 1.807) is 0 Å². The van der Waals surface area contributed by atoms with E-state index < -0.39 is 6.10 Å². The standard InChI is InChI=1S/C71H128O6/c1-4-7-10-13-16-18-20-22-24-26-28-30-32-34-35-37-38-40-42-44-46-48-50-52-55-58-61-64-70(73)76-67-68(66-75-69(72)63-60-57-54-15-12-9-6-3)77-71(74)65-62-59-56-53-51-49-47-45-43-41-39-36-33-31-29-27-25-23-21-19-17-14-11-8-5-2/h7,10,16,18,22,24,27-30,68H,4-6,8-9,11-15,17,19-21,23,25-26,31-67H2,1-3H3/b10-7-,18-16-,24-22-,29-27-,30-28-. The predicted octanol–water partition coefficient (Wildman–Crippen LogP) is 23.1. The number of hydrogen-bond donors (Lipinski definition) is 0. The van der Waals surface area contributed by atoms with Gasteiger partial charge in [-0.3, -0.25) is 14.4 Å². The van der Waals surface area contributed by atoms with Gasteiger partial charge < -0.3 is 14.2 Å². The Morgan fingerprint density at radius 2 is 0.506 bits per heavy atom. The molecular weight excluding hydrogens is 949 g/mol. The molecule has 0 fully saturated rings. The van der Waals surface area contributed by atoms with E-state index in [9.17, 15) is 14.4 Å². The lowest BCUT2D eigenvalue weighted by Gasteiger charge is -2.18. The molecule has 1 unspecified atom stereocenters. The van der Waals surface area contributed by atoms with Gasteiger partial charge in [0.05, 0.1) is 0 Å². The minimum absolute atomic E-state index is 0.0703. The number of carbonyl (C=O) groups excluding carboxylic acids is 3. The highest BCUT2D eigenvalue weighted by Crippen LogP contribution is 2.18. The van der Waals surface area contributed by atoms with E-state index in [0.717, 1.165) is 83.5 Å². The molecule has 0 saturated heterocycles. The average Bonchev–Trinajstić information content (AvgIpc) is 3.43. The summed E-state index contributed by atoms with van der Waals surface area (Å²) in [5.41, 5.74) is 0. The molecule has 77 heavy (non-hydrogen) atoms. The molecule has 0 aromatic carbocycles. The number of carbonyl (C=O) groups is 3. The summed E-state index contributed by atoms with van der Waals surface area (Å²) in [6.45, 7) is 6.54. The van der Waals surface area contributed by atoms with Crippen LogP contribution in [0.1, 0.15) is 355 Å². The number of esters is 3. The summed E-state index contributed by atoms with van der Waals surface area (Å²) in [4.78, 5) is 38.1. The second-order valence-corrected chi connectivity index (χ2v) is 22.7. The fraction of sp³-hybridized carbons (Fsp3) is 0.817. The van der Waals surface area contributed by atoms with E-state index in [1.165, 1.54) is 231 Å². The van der Waals surface area contributed by atoms with Crippen LogP contribution in [0.2, 0.25) is 0 Å². The highest BCUT2D eigenvalue weighted by atomic mass is 16.6. The quantitative estimate of drug-likeness (QED) is 0.0261. The van der Waals surface area contributed by atoms with Crippen LogP contribution in [-0.4, -0.2) is 37.2 Å². The molecule has 0 rings (SSSR count). The van der Waals surface area contributed by atoms with Gasteiger partial charge in [0.2, 0.25) is 0 Å². The van der Waals surface area contributed by atoms with E-state index >= 15 is 0 Å². The van der Waals surface area contributed by atoms with Gasteiger partial charge in [0.1, 0.15) is 13.2 Å². The van der Waals surface area contributed by atoms with Crippen molar-refractivity contribution in [2.24, 2.45) is 0 Å². The van der Waals surface area contributed by atoms with Crippen molar-refractivity contribution in [2.75, 3.05) is 13.2 Å². The van der Waals surface area contributed by atoms with E-state index in [2.05, 4.69) is 81.5 Å². The summed E-state index contributed by atoms with van der Waals surface area (Å²) >= 11 is 0. The minimum Gasteiger partial charge on any atom is -0.462 e. The van der Waals surface area contributed by atoms with Crippen molar-refractivity contribution in [1.82, 2.24) is 0 Å². The summed E-state index contributed by atoms with van der Waals surface area (Å²) < 4.78 is 16.9. The maximum Gasteiger partial charge on any atom is 0.306 e. The minimum atomic E-state index is -0.770. The Hall–Kier alpha value is -2.89. The van der Waals surface area contributed by atoms with Gasteiger partial charge in [-0.1, -0.05) is 313 Å². The molecule has 0 aliphatic heterocycles. The molecule has 0 aromatic rings. The normalized spacial score (nSPS) is 12.4. The number of allylic oxidation sites excluding steroid dienone is 10. The molecule has 6 heteroatoms. The molecule has 0 spiro atoms. The van der Waals surface area contributed by atoms with E-state index in [0.29, 0.717) is 19.3 Å². The molecule has 0 bridgehead atoms. The van der Waals surface area contributed by atoms with Crippen molar-refractivity contribution >= 4 is 17.9 Å². The molecule has 0 radical (unpaired) electrons. The van der Waals surface area contributed by atoms with E-state index in [-0.39, 0.29) is 31.1 Å². The number of rotatable bonds is 62. The Kier molecular flexibility index (Phi) is 63.2. The highest BCUT2D eigenvalue weighted by molar-refractivity contribution is 5.71. The predicted molar refractivity (Wildman–Crippen MR) is 335 cm³/mol. The zero-order valence-electron chi connectivity index (χ0n) is 51.5. The maximum atomic E-state index is 12.9. The SMILES string of the molecule is CC/C=C\C/C=C\C/C=C\C/C=C\CCCCCCCCCCCCCCCCC(=O)OCC(COC(=O)CCCCCCCCC)OC(=O)CCCCCCCCCCCCCCC/C=C\CCCCCCCCCC. The van der Waals surface area contributed by atoms with Crippen LogP contribution in [0, 0.1) is 0 Å². The van der Waals surface area contributed by atoms with Crippen LogP contribution in [0.4, 0.5) is 0 Å². The lowest BCUT2D eigenvalue weighted by molar-refractivity contribution is -0.167. The molecule has 0 amide bonds. The topological polar surface area (TPSA) is 78.9 Å². The first-order valence-electron chi connectivity index (χ1n) is 33.8. The third-order valence-corrected chi connectivity index (χ3v) is 15.0. The van der Waals surface area contributed by atoms with Crippen molar-refractivity contribution in [3.8, 4) is 0 Å². The van der Waals surface area contributed by atoms with Gasteiger partial charge in [0.15, 0.2) is 6.10 Å². The number of hydrogen-bond acceptors (Lipinski definition) is 6. The second-order valence-electron chi connectivity index (χ2n) is 22.7. The lowest BCUT2D eigenvalue weighted by Crippen LogP contribution is -2.30. The Morgan fingerprint density at radius 3 is 0.805 bits per heavy atom. The number of ether oxygens (including phenoxy) is 3. The fourth-order valence-electron chi connectivity index (χ4n) is 9.96. The van der Waals surface area contributed by atoms with E-state index in [4.69, 9.17) is 14.2 Å². The zero-order valence-corrected chi connectivity index (χ0v) is 51.5. The maximum absolute atomic E-state index is 12.9. The Morgan fingerprint density at radius 1 is 0.273 bits per heavy atom. The van der Waals surface area contributed by atoms with Gasteiger partial charge in [-0.2, -0.15) is 0 Å². The molecule has 0 aliphatic carbocycles.